The number of nitrogen functional groups attached to an aromatic ring is 1. The molecule has 0 aliphatic carbocycles. The van der Waals surface area contributed by atoms with Gasteiger partial charge >= 0.3 is 0 Å². The fourth-order valence-corrected chi connectivity index (χ4v) is 2.14. The highest BCUT2D eigenvalue weighted by molar-refractivity contribution is 5.48. The predicted molar refractivity (Wildman–Crippen MR) is 69.5 cm³/mol. The first kappa shape index (κ1) is 13.1. The molecule has 0 saturated carbocycles. The van der Waals surface area contributed by atoms with Gasteiger partial charge in [-0.3, -0.25) is 4.68 Å². The van der Waals surface area contributed by atoms with Gasteiger partial charge in [-0.2, -0.15) is 5.10 Å². The van der Waals surface area contributed by atoms with Crippen molar-refractivity contribution in [2.75, 3.05) is 5.73 Å². The lowest BCUT2D eigenvalue weighted by Gasteiger charge is -2.14. The Balaban J connectivity index is 2.94. The van der Waals surface area contributed by atoms with E-state index in [0.717, 1.165) is 30.8 Å². The van der Waals surface area contributed by atoms with Crippen LogP contribution < -0.4 is 5.73 Å². The molecule has 0 aliphatic rings. The smallest absolute Gasteiger partial charge is 0.0854 e. The second kappa shape index (κ2) is 5.92. The van der Waals surface area contributed by atoms with Gasteiger partial charge in [-0.25, -0.2) is 0 Å². The lowest BCUT2D eigenvalue weighted by atomic mass is 10.0. The quantitative estimate of drug-likeness (QED) is 0.805. The number of nitrogens with two attached hydrogens (primary N) is 1. The molecule has 2 N–H and O–H groups in total. The van der Waals surface area contributed by atoms with Crippen molar-refractivity contribution in [2.45, 2.75) is 59.9 Å². The average Bonchev–Trinajstić information content (AvgIpc) is 2.61. The molecule has 0 radical (unpaired) electrons. The summed E-state index contributed by atoms with van der Waals surface area (Å²) in [4.78, 5) is 0. The second-order valence-electron chi connectivity index (χ2n) is 4.38. The largest absolute Gasteiger partial charge is 0.396 e. The summed E-state index contributed by atoms with van der Waals surface area (Å²) in [5, 5.41) is 4.63. The van der Waals surface area contributed by atoms with Crippen molar-refractivity contribution < 1.29 is 0 Å². The van der Waals surface area contributed by atoms with Gasteiger partial charge in [0.05, 0.1) is 17.1 Å². The zero-order valence-electron chi connectivity index (χ0n) is 11.1. The fraction of sp³-hybridized carbons (Fsp3) is 0.769. The number of hydrogen-bond donors (Lipinski definition) is 1. The normalized spacial score (nSPS) is 11.3. The maximum Gasteiger partial charge on any atom is 0.0854 e. The molecule has 1 heterocycles. The van der Waals surface area contributed by atoms with Crippen molar-refractivity contribution in [1.82, 2.24) is 9.78 Å². The number of hydrogen-bond acceptors (Lipinski definition) is 2. The van der Waals surface area contributed by atoms with Gasteiger partial charge in [0.1, 0.15) is 0 Å². The topological polar surface area (TPSA) is 43.8 Å². The molecule has 0 aliphatic heterocycles. The molecule has 0 atom stereocenters. The number of nitrogens with zero attached hydrogens (tertiary/aromatic N) is 2. The summed E-state index contributed by atoms with van der Waals surface area (Å²) >= 11 is 0. The van der Waals surface area contributed by atoms with E-state index in [4.69, 9.17) is 5.73 Å². The molecule has 0 fully saturated rings. The van der Waals surface area contributed by atoms with Gasteiger partial charge in [-0.15, -0.1) is 0 Å². The van der Waals surface area contributed by atoms with Gasteiger partial charge < -0.3 is 5.73 Å². The number of aromatic nitrogens is 2. The third kappa shape index (κ3) is 2.57. The van der Waals surface area contributed by atoms with Crippen molar-refractivity contribution in [3.63, 3.8) is 0 Å². The number of aryl methyl sites for hydroxylation is 1. The van der Waals surface area contributed by atoms with E-state index < -0.39 is 0 Å². The molecule has 0 aromatic carbocycles. The monoisotopic (exact) mass is 223 g/mol. The highest BCUT2D eigenvalue weighted by Crippen LogP contribution is 2.21. The van der Waals surface area contributed by atoms with Crippen molar-refractivity contribution >= 4 is 5.69 Å². The predicted octanol–water partition coefficient (Wildman–Crippen LogP) is 3.03. The summed E-state index contributed by atoms with van der Waals surface area (Å²) in [6.45, 7) is 9.76. The highest BCUT2D eigenvalue weighted by atomic mass is 15.3. The first-order chi connectivity index (χ1) is 7.67. The molecular formula is C13H25N3. The standard InChI is InChI=1S/C13H25N3/c1-5-10(6-2)9-16-12(8-4)13(14)11(7-3)15-16/h10H,5-9,14H2,1-4H3. The van der Waals surface area contributed by atoms with E-state index >= 15 is 0 Å². The van der Waals surface area contributed by atoms with E-state index in [1.165, 1.54) is 18.5 Å². The van der Waals surface area contributed by atoms with Gasteiger partial charge in [-0.1, -0.05) is 40.5 Å². The molecule has 0 spiro atoms. The summed E-state index contributed by atoms with van der Waals surface area (Å²) in [5.74, 6) is 0.717. The van der Waals surface area contributed by atoms with Crippen molar-refractivity contribution in [3.05, 3.63) is 11.4 Å². The van der Waals surface area contributed by atoms with E-state index in [1.807, 2.05) is 0 Å². The Labute approximate surface area is 99.0 Å². The zero-order valence-corrected chi connectivity index (χ0v) is 11.1. The van der Waals surface area contributed by atoms with E-state index in [0.29, 0.717) is 5.92 Å². The van der Waals surface area contributed by atoms with Gasteiger partial charge in [0, 0.05) is 6.54 Å². The maximum atomic E-state index is 6.10. The minimum Gasteiger partial charge on any atom is -0.396 e. The molecule has 92 valence electrons. The fourth-order valence-electron chi connectivity index (χ4n) is 2.14. The SMILES string of the molecule is CCc1nn(CC(CC)CC)c(CC)c1N. The van der Waals surface area contributed by atoms with Gasteiger partial charge in [0.2, 0.25) is 0 Å². The highest BCUT2D eigenvalue weighted by Gasteiger charge is 2.14. The summed E-state index contributed by atoms with van der Waals surface area (Å²) in [7, 11) is 0. The van der Waals surface area contributed by atoms with Crippen molar-refractivity contribution in [2.24, 2.45) is 5.92 Å². The molecule has 16 heavy (non-hydrogen) atoms. The Morgan fingerprint density at radius 2 is 1.75 bits per heavy atom. The summed E-state index contributed by atoms with van der Waals surface area (Å²) < 4.78 is 2.13. The lowest BCUT2D eigenvalue weighted by Crippen LogP contribution is -2.13. The van der Waals surface area contributed by atoms with Crippen LogP contribution in [0.5, 0.6) is 0 Å². The Morgan fingerprint density at radius 1 is 1.12 bits per heavy atom. The van der Waals surface area contributed by atoms with Crippen LogP contribution in [-0.4, -0.2) is 9.78 Å². The van der Waals surface area contributed by atoms with Crippen LogP contribution >= 0.6 is 0 Å². The average molecular weight is 223 g/mol. The van der Waals surface area contributed by atoms with Gasteiger partial charge in [0.15, 0.2) is 0 Å². The van der Waals surface area contributed by atoms with E-state index in [2.05, 4.69) is 37.5 Å². The maximum absolute atomic E-state index is 6.10. The molecular weight excluding hydrogens is 198 g/mol. The van der Waals surface area contributed by atoms with Crippen LogP contribution in [0.4, 0.5) is 5.69 Å². The molecule has 0 amide bonds. The summed E-state index contributed by atoms with van der Waals surface area (Å²) in [6.07, 6.45) is 4.31. The first-order valence-electron chi connectivity index (χ1n) is 6.51. The van der Waals surface area contributed by atoms with Gasteiger partial charge in [-0.05, 0) is 18.8 Å². The molecule has 1 aromatic heterocycles. The molecule has 3 heteroatoms. The Morgan fingerprint density at radius 3 is 2.19 bits per heavy atom. The Kier molecular flexibility index (Phi) is 4.84. The van der Waals surface area contributed by atoms with E-state index in [1.54, 1.807) is 0 Å². The molecule has 1 rings (SSSR count). The van der Waals surface area contributed by atoms with E-state index in [9.17, 15) is 0 Å². The van der Waals surface area contributed by atoms with Crippen LogP contribution in [-0.2, 0) is 19.4 Å². The minimum atomic E-state index is 0.717. The van der Waals surface area contributed by atoms with Crippen LogP contribution in [0.25, 0.3) is 0 Å². The number of anilines is 1. The Hall–Kier alpha value is -0.990. The third-order valence-corrected chi connectivity index (χ3v) is 3.43. The third-order valence-electron chi connectivity index (χ3n) is 3.43. The molecule has 0 unspecified atom stereocenters. The summed E-state index contributed by atoms with van der Waals surface area (Å²) in [6, 6.07) is 0. The summed E-state index contributed by atoms with van der Waals surface area (Å²) in [5.41, 5.74) is 9.28. The van der Waals surface area contributed by atoms with Crippen LogP contribution in [0, 0.1) is 5.92 Å². The molecule has 1 aromatic rings. The minimum absolute atomic E-state index is 0.717. The molecule has 3 nitrogen and oxygen atoms in total. The Bertz CT molecular complexity index is 324. The second-order valence-corrected chi connectivity index (χ2v) is 4.38. The van der Waals surface area contributed by atoms with Crippen molar-refractivity contribution in [3.8, 4) is 0 Å². The molecule has 0 saturated heterocycles. The first-order valence-corrected chi connectivity index (χ1v) is 6.51. The lowest BCUT2D eigenvalue weighted by molar-refractivity contribution is 0.387. The van der Waals surface area contributed by atoms with Crippen LogP contribution in [0.1, 0.15) is 51.9 Å². The van der Waals surface area contributed by atoms with E-state index in [-0.39, 0.29) is 0 Å². The zero-order chi connectivity index (χ0) is 12.1. The van der Waals surface area contributed by atoms with Gasteiger partial charge in [0.25, 0.3) is 0 Å². The van der Waals surface area contributed by atoms with Crippen molar-refractivity contribution in [1.29, 1.82) is 0 Å². The number of rotatable bonds is 6. The molecule has 0 bridgehead atoms. The van der Waals surface area contributed by atoms with Crippen LogP contribution in [0.3, 0.4) is 0 Å². The van der Waals surface area contributed by atoms with Crippen LogP contribution in [0.15, 0.2) is 0 Å². The van der Waals surface area contributed by atoms with Crippen LogP contribution in [0.2, 0.25) is 0 Å².